The van der Waals surface area contributed by atoms with E-state index in [-0.39, 0.29) is 5.41 Å². The largest absolute Gasteiger partial charge is 0.494 e. The monoisotopic (exact) mass is 303 g/mol. The summed E-state index contributed by atoms with van der Waals surface area (Å²) in [5.74, 6) is 2.19. The molecule has 1 fully saturated rings. The molecule has 124 valence electrons. The Labute approximate surface area is 136 Å². The molecule has 1 unspecified atom stereocenters. The van der Waals surface area contributed by atoms with Crippen molar-refractivity contribution >= 4 is 0 Å². The van der Waals surface area contributed by atoms with Crippen LogP contribution in [-0.2, 0) is 5.41 Å². The second-order valence-corrected chi connectivity index (χ2v) is 7.68. The second-order valence-electron chi connectivity index (χ2n) is 7.68. The molecule has 22 heavy (non-hydrogen) atoms. The van der Waals surface area contributed by atoms with Gasteiger partial charge in [-0.15, -0.1) is 0 Å². The van der Waals surface area contributed by atoms with Crippen LogP contribution in [-0.4, -0.2) is 13.2 Å². The van der Waals surface area contributed by atoms with Crippen molar-refractivity contribution in [3.63, 3.8) is 0 Å². The van der Waals surface area contributed by atoms with Crippen LogP contribution in [0, 0.1) is 5.92 Å². The minimum absolute atomic E-state index is 0.158. The van der Waals surface area contributed by atoms with Crippen molar-refractivity contribution in [3.8, 4) is 5.75 Å². The van der Waals surface area contributed by atoms with E-state index in [0.29, 0.717) is 18.4 Å². The third kappa shape index (κ3) is 4.04. The highest BCUT2D eigenvalue weighted by Gasteiger charge is 2.27. The molecule has 1 atom stereocenters. The molecule has 0 saturated heterocycles. The van der Waals surface area contributed by atoms with Gasteiger partial charge in [-0.3, -0.25) is 0 Å². The molecule has 1 aromatic rings. The Morgan fingerprint density at radius 2 is 1.86 bits per heavy atom. The Morgan fingerprint density at radius 3 is 2.41 bits per heavy atom. The van der Waals surface area contributed by atoms with Crippen LogP contribution in [0.5, 0.6) is 5.75 Å². The number of benzene rings is 1. The number of hydrogen-bond acceptors (Lipinski definition) is 2. The van der Waals surface area contributed by atoms with Crippen molar-refractivity contribution in [2.75, 3.05) is 13.2 Å². The maximum atomic E-state index is 6.20. The van der Waals surface area contributed by atoms with E-state index in [1.807, 2.05) is 0 Å². The first-order valence-corrected chi connectivity index (χ1v) is 8.94. The molecule has 0 radical (unpaired) electrons. The Kier molecular flexibility index (Phi) is 5.91. The zero-order valence-electron chi connectivity index (χ0n) is 14.8. The lowest BCUT2D eigenvalue weighted by atomic mass is 9.75. The lowest BCUT2D eigenvalue weighted by molar-refractivity contribution is 0.291. The number of rotatable bonds is 5. The van der Waals surface area contributed by atoms with E-state index in [1.165, 1.54) is 43.2 Å². The molecule has 1 aliphatic carbocycles. The number of ether oxygens (including phenoxy) is 1. The van der Waals surface area contributed by atoms with Crippen molar-refractivity contribution in [3.05, 3.63) is 29.3 Å². The summed E-state index contributed by atoms with van der Waals surface area (Å²) in [5, 5.41) is 0. The lowest BCUT2D eigenvalue weighted by Crippen LogP contribution is -2.25. The summed E-state index contributed by atoms with van der Waals surface area (Å²) in [4.78, 5) is 0. The quantitative estimate of drug-likeness (QED) is 0.830. The summed E-state index contributed by atoms with van der Waals surface area (Å²) >= 11 is 0. The van der Waals surface area contributed by atoms with Crippen LogP contribution in [0.3, 0.4) is 0 Å². The van der Waals surface area contributed by atoms with Gasteiger partial charge in [0.05, 0.1) is 6.61 Å². The van der Waals surface area contributed by atoms with Crippen LogP contribution in [0.4, 0.5) is 0 Å². The van der Waals surface area contributed by atoms with E-state index in [0.717, 1.165) is 12.3 Å². The Balaban J connectivity index is 2.38. The van der Waals surface area contributed by atoms with E-state index in [2.05, 4.69) is 45.9 Å². The van der Waals surface area contributed by atoms with Crippen molar-refractivity contribution in [2.24, 2.45) is 11.7 Å². The van der Waals surface area contributed by atoms with E-state index < -0.39 is 0 Å². The maximum Gasteiger partial charge on any atom is 0.122 e. The molecule has 2 N–H and O–H groups in total. The van der Waals surface area contributed by atoms with Gasteiger partial charge in [0.2, 0.25) is 0 Å². The molecule has 2 rings (SSSR count). The predicted octanol–water partition coefficient (Wildman–Crippen LogP) is 5.01. The summed E-state index contributed by atoms with van der Waals surface area (Å²) in [6, 6.07) is 6.73. The van der Waals surface area contributed by atoms with Gasteiger partial charge in [-0.1, -0.05) is 52.2 Å². The first-order chi connectivity index (χ1) is 10.5. The van der Waals surface area contributed by atoms with Gasteiger partial charge in [0.15, 0.2) is 0 Å². The summed E-state index contributed by atoms with van der Waals surface area (Å²) in [6.07, 6.45) is 6.71. The SMILES string of the molecule is CCOc1ccc(C(C)(C)C)cc1C(CN)C1CCCCC1. The standard InChI is InChI=1S/C20H33NO/c1-5-22-19-12-11-16(20(2,3)4)13-17(19)18(14-21)15-9-7-6-8-10-15/h11-13,15,18H,5-10,14,21H2,1-4H3. The molecule has 1 aromatic carbocycles. The van der Waals surface area contributed by atoms with Crippen LogP contribution >= 0.6 is 0 Å². The van der Waals surface area contributed by atoms with Crippen molar-refractivity contribution < 1.29 is 4.74 Å². The predicted molar refractivity (Wildman–Crippen MR) is 94.7 cm³/mol. The van der Waals surface area contributed by atoms with Crippen LogP contribution in [0.1, 0.15) is 76.8 Å². The Morgan fingerprint density at radius 1 is 1.18 bits per heavy atom. The molecule has 0 heterocycles. The minimum Gasteiger partial charge on any atom is -0.494 e. The van der Waals surface area contributed by atoms with Gasteiger partial charge >= 0.3 is 0 Å². The smallest absolute Gasteiger partial charge is 0.122 e. The minimum atomic E-state index is 0.158. The Hall–Kier alpha value is -1.02. The topological polar surface area (TPSA) is 35.2 Å². The molecule has 0 bridgehead atoms. The van der Waals surface area contributed by atoms with Gasteiger partial charge in [-0.2, -0.15) is 0 Å². The van der Waals surface area contributed by atoms with Crippen LogP contribution in [0.25, 0.3) is 0 Å². The molecule has 2 heteroatoms. The second kappa shape index (κ2) is 7.50. The van der Waals surface area contributed by atoms with Gasteiger partial charge in [0, 0.05) is 5.92 Å². The van der Waals surface area contributed by atoms with Gasteiger partial charge in [0.25, 0.3) is 0 Å². The average molecular weight is 303 g/mol. The summed E-state index contributed by atoms with van der Waals surface area (Å²) in [6.45, 7) is 10.3. The van der Waals surface area contributed by atoms with Crippen molar-refractivity contribution in [1.29, 1.82) is 0 Å². The summed E-state index contributed by atoms with van der Waals surface area (Å²) in [5.41, 5.74) is 9.07. The molecule has 0 amide bonds. The highest BCUT2D eigenvalue weighted by Crippen LogP contribution is 2.40. The molecule has 2 nitrogen and oxygen atoms in total. The van der Waals surface area contributed by atoms with Crippen molar-refractivity contribution in [1.82, 2.24) is 0 Å². The fourth-order valence-corrected chi connectivity index (χ4v) is 3.70. The zero-order chi connectivity index (χ0) is 16.2. The molecule has 0 aliphatic heterocycles. The third-order valence-electron chi connectivity index (χ3n) is 5.05. The zero-order valence-corrected chi connectivity index (χ0v) is 14.8. The van der Waals surface area contributed by atoms with E-state index in [4.69, 9.17) is 10.5 Å². The van der Waals surface area contributed by atoms with Gasteiger partial charge in [-0.05, 0) is 54.8 Å². The molecule has 1 saturated carbocycles. The van der Waals surface area contributed by atoms with Gasteiger partial charge < -0.3 is 10.5 Å². The highest BCUT2D eigenvalue weighted by molar-refractivity contribution is 5.42. The van der Waals surface area contributed by atoms with Gasteiger partial charge in [0.1, 0.15) is 5.75 Å². The molecular formula is C20H33NO. The maximum absolute atomic E-state index is 6.20. The summed E-state index contributed by atoms with van der Waals surface area (Å²) < 4.78 is 5.92. The first kappa shape index (κ1) is 17.3. The van der Waals surface area contributed by atoms with Crippen LogP contribution in [0.2, 0.25) is 0 Å². The Bertz CT molecular complexity index is 469. The molecule has 1 aliphatic rings. The van der Waals surface area contributed by atoms with Crippen molar-refractivity contribution in [2.45, 2.75) is 71.1 Å². The van der Waals surface area contributed by atoms with Gasteiger partial charge in [-0.25, -0.2) is 0 Å². The fraction of sp³-hybridized carbons (Fsp3) is 0.700. The fourth-order valence-electron chi connectivity index (χ4n) is 3.70. The van der Waals surface area contributed by atoms with E-state index in [1.54, 1.807) is 0 Å². The highest BCUT2D eigenvalue weighted by atomic mass is 16.5. The molecule has 0 aromatic heterocycles. The summed E-state index contributed by atoms with van der Waals surface area (Å²) in [7, 11) is 0. The first-order valence-electron chi connectivity index (χ1n) is 8.94. The number of nitrogens with two attached hydrogens (primary N) is 1. The van der Waals surface area contributed by atoms with E-state index in [9.17, 15) is 0 Å². The van der Waals surface area contributed by atoms with Crippen LogP contribution < -0.4 is 10.5 Å². The third-order valence-corrected chi connectivity index (χ3v) is 5.05. The lowest BCUT2D eigenvalue weighted by Gasteiger charge is -2.32. The average Bonchev–Trinajstić information content (AvgIpc) is 2.50. The number of hydrogen-bond donors (Lipinski definition) is 1. The van der Waals surface area contributed by atoms with Crippen LogP contribution in [0.15, 0.2) is 18.2 Å². The molecular weight excluding hydrogens is 270 g/mol. The molecule has 0 spiro atoms. The normalized spacial score (nSPS) is 18.2. The van der Waals surface area contributed by atoms with E-state index >= 15 is 0 Å².